The first-order valence-corrected chi connectivity index (χ1v) is 11.3. The van der Waals surface area contributed by atoms with Crippen LogP contribution < -0.4 is 16.1 Å². The van der Waals surface area contributed by atoms with Crippen molar-refractivity contribution >= 4 is 29.8 Å². The van der Waals surface area contributed by atoms with Crippen LogP contribution in [0.25, 0.3) is 11.5 Å². The smallest absolute Gasteiger partial charge is 0.423 e. The van der Waals surface area contributed by atoms with Crippen molar-refractivity contribution in [3.05, 3.63) is 78.3 Å². The Morgan fingerprint density at radius 1 is 1.14 bits per heavy atom. The van der Waals surface area contributed by atoms with E-state index in [1.165, 1.54) is 6.39 Å². The predicted molar refractivity (Wildman–Crippen MR) is 134 cm³/mol. The molecule has 3 heterocycles. The summed E-state index contributed by atoms with van der Waals surface area (Å²) in [6.07, 6.45) is 2.94. The van der Waals surface area contributed by atoms with E-state index in [0.29, 0.717) is 23.0 Å². The molecule has 0 spiro atoms. The van der Waals surface area contributed by atoms with E-state index in [0.717, 1.165) is 22.3 Å². The molecule has 2 aromatic heterocycles. The van der Waals surface area contributed by atoms with Crippen LogP contribution >= 0.6 is 0 Å². The summed E-state index contributed by atoms with van der Waals surface area (Å²) in [5.74, 6) is 0.943. The number of aliphatic hydroxyl groups is 1. The minimum atomic E-state index is -0.473. The van der Waals surface area contributed by atoms with Crippen LogP contribution in [0.5, 0.6) is 0 Å². The van der Waals surface area contributed by atoms with Crippen molar-refractivity contribution in [3.63, 3.8) is 0 Å². The Morgan fingerprint density at radius 3 is 2.69 bits per heavy atom. The number of hydrogen-bond donors (Lipinski definition) is 3. The zero-order valence-corrected chi connectivity index (χ0v) is 19.7. The molecule has 0 aliphatic carbocycles. The maximum atomic E-state index is 10.1. The normalized spacial score (nSPS) is 15.0. The van der Waals surface area contributed by atoms with Gasteiger partial charge in [-0.25, -0.2) is 4.98 Å². The number of anilines is 3. The van der Waals surface area contributed by atoms with Gasteiger partial charge in [0.25, 0.3) is 5.89 Å². The Morgan fingerprint density at radius 2 is 1.97 bits per heavy atom. The third-order valence-corrected chi connectivity index (χ3v) is 6.05. The van der Waals surface area contributed by atoms with Gasteiger partial charge in [0.05, 0.1) is 29.5 Å². The zero-order valence-electron chi connectivity index (χ0n) is 19.7. The highest BCUT2D eigenvalue weighted by Crippen LogP contribution is 2.34. The lowest BCUT2D eigenvalue weighted by atomic mass is 9.77. The SMILES string of the molecule is COB1OC(C)(C)c2cc(Nc3cc(N[C@H](CO)c4ccccc4)c(-c4nnco4)cn3)ccc21. The Hall–Kier alpha value is -3.73. The minimum Gasteiger partial charge on any atom is -0.423 e. The molecule has 0 amide bonds. The number of nitrogens with zero attached hydrogens (tertiary/aromatic N) is 3. The predicted octanol–water partition coefficient (Wildman–Crippen LogP) is 3.63. The van der Waals surface area contributed by atoms with Crippen molar-refractivity contribution < 1.29 is 18.8 Å². The number of rotatable bonds is 8. The molecule has 178 valence electrons. The van der Waals surface area contributed by atoms with E-state index in [2.05, 4.69) is 31.9 Å². The van der Waals surface area contributed by atoms with Crippen LogP contribution in [0.15, 0.2) is 71.6 Å². The molecule has 0 saturated heterocycles. The summed E-state index contributed by atoms with van der Waals surface area (Å²) in [7, 11) is 1.26. The number of aromatic nitrogens is 3. The van der Waals surface area contributed by atoms with E-state index in [1.807, 2.05) is 62.4 Å². The molecule has 0 radical (unpaired) electrons. The highest BCUT2D eigenvalue weighted by atomic mass is 16.6. The summed E-state index contributed by atoms with van der Waals surface area (Å²) in [5, 5.41) is 24.7. The molecule has 9 nitrogen and oxygen atoms in total. The third-order valence-electron chi connectivity index (χ3n) is 6.05. The van der Waals surface area contributed by atoms with E-state index >= 15 is 0 Å². The average Bonchev–Trinajstić information content (AvgIpc) is 3.49. The van der Waals surface area contributed by atoms with Crippen molar-refractivity contribution in [3.8, 4) is 11.5 Å². The fraction of sp³-hybridized carbons (Fsp3) is 0.240. The van der Waals surface area contributed by atoms with Gasteiger partial charge in [0.2, 0.25) is 6.39 Å². The summed E-state index contributed by atoms with van der Waals surface area (Å²) in [5.41, 5.74) is 4.74. The second-order valence-corrected chi connectivity index (χ2v) is 8.77. The summed E-state index contributed by atoms with van der Waals surface area (Å²) in [6, 6.07) is 17.3. The largest absolute Gasteiger partial charge is 0.494 e. The van der Waals surface area contributed by atoms with Crippen molar-refractivity contribution in [2.24, 2.45) is 0 Å². The highest BCUT2D eigenvalue weighted by Gasteiger charge is 2.42. The molecular weight excluding hydrogens is 445 g/mol. The van der Waals surface area contributed by atoms with Crippen molar-refractivity contribution in [2.75, 3.05) is 24.4 Å². The molecule has 0 unspecified atom stereocenters. The second-order valence-electron chi connectivity index (χ2n) is 8.77. The topological polar surface area (TPSA) is 115 Å². The molecule has 5 rings (SSSR count). The number of hydrogen-bond acceptors (Lipinski definition) is 9. The lowest BCUT2D eigenvalue weighted by Gasteiger charge is -2.21. The van der Waals surface area contributed by atoms with Crippen LogP contribution in [0, 0.1) is 0 Å². The summed E-state index contributed by atoms with van der Waals surface area (Å²) in [6.45, 7) is 3.94. The summed E-state index contributed by atoms with van der Waals surface area (Å²) in [4.78, 5) is 4.56. The van der Waals surface area contributed by atoms with Crippen LogP contribution in [0.4, 0.5) is 17.2 Å². The van der Waals surface area contributed by atoms with Gasteiger partial charge in [-0.3, -0.25) is 0 Å². The van der Waals surface area contributed by atoms with Gasteiger partial charge in [-0.15, -0.1) is 10.2 Å². The van der Waals surface area contributed by atoms with E-state index in [-0.39, 0.29) is 19.8 Å². The molecule has 0 fully saturated rings. The van der Waals surface area contributed by atoms with E-state index < -0.39 is 5.60 Å². The van der Waals surface area contributed by atoms with Crippen LogP contribution in [0.2, 0.25) is 0 Å². The van der Waals surface area contributed by atoms with Crippen LogP contribution in [0.1, 0.15) is 31.0 Å². The van der Waals surface area contributed by atoms with Crippen molar-refractivity contribution in [2.45, 2.75) is 25.5 Å². The molecule has 10 heteroatoms. The third kappa shape index (κ3) is 4.63. The average molecular weight is 471 g/mol. The van der Waals surface area contributed by atoms with E-state index in [1.54, 1.807) is 13.3 Å². The molecule has 4 aromatic rings. The van der Waals surface area contributed by atoms with Gasteiger partial charge in [-0.05, 0) is 42.6 Å². The molecule has 0 bridgehead atoms. The fourth-order valence-electron chi connectivity index (χ4n) is 4.29. The molecule has 35 heavy (non-hydrogen) atoms. The van der Waals surface area contributed by atoms with Gasteiger partial charge in [-0.2, -0.15) is 0 Å². The zero-order chi connectivity index (χ0) is 24.4. The molecule has 1 aliphatic rings. The molecule has 2 aromatic carbocycles. The Kier molecular flexibility index (Phi) is 6.25. The van der Waals surface area contributed by atoms with Crippen LogP contribution in [0.3, 0.4) is 0 Å². The first-order chi connectivity index (χ1) is 17.0. The van der Waals surface area contributed by atoms with Crippen molar-refractivity contribution in [1.29, 1.82) is 0 Å². The Balaban J connectivity index is 1.47. The van der Waals surface area contributed by atoms with Gasteiger partial charge in [0, 0.05) is 25.1 Å². The van der Waals surface area contributed by atoms with Gasteiger partial charge >= 0.3 is 7.12 Å². The van der Waals surface area contributed by atoms with E-state index in [4.69, 9.17) is 13.7 Å². The molecule has 1 atom stereocenters. The summed E-state index contributed by atoms with van der Waals surface area (Å²) >= 11 is 0. The van der Waals surface area contributed by atoms with Crippen LogP contribution in [-0.4, -0.2) is 41.1 Å². The number of nitrogens with one attached hydrogen (secondary N) is 2. The van der Waals surface area contributed by atoms with E-state index in [9.17, 15) is 5.11 Å². The number of benzene rings is 2. The quantitative estimate of drug-likeness (QED) is 0.332. The molecule has 0 saturated carbocycles. The number of pyridine rings is 1. The first kappa shape index (κ1) is 23.0. The number of fused-ring (bicyclic) bond motifs is 1. The van der Waals surface area contributed by atoms with Crippen LogP contribution in [-0.2, 0) is 14.9 Å². The lowest BCUT2D eigenvalue weighted by Crippen LogP contribution is -2.31. The second kappa shape index (κ2) is 9.49. The first-order valence-electron chi connectivity index (χ1n) is 11.3. The minimum absolute atomic E-state index is 0.0983. The van der Waals surface area contributed by atoms with Gasteiger partial charge in [-0.1, -0.05) is 36.4 Å². The van der Waals surface area contributed by atoms with Crippen molar-refractivity contribution in [1.82, 2.24) is 15.2 Å². The van der Waals surface area contributed by atoms with Gasteiger partial charge < -0.3 is 29.5 Å². The summed E-state index contributed by atoms with van der Waals surface area (Å²) < 4.78 is 16.9. The van der Waals surface area contributed by atoms with Gasteiger partial charge in [0.1, 0.15) is 5.82 Å². The van der Waals surface area contributed by atoms with Gasteiger partial charge in [0.15, 0.2) is 0 Å². The fourth-order valence-corrected chi connectivity index (χ4v) is 4.29. The molecule has 3 N–H and O–H groups in total. The maximum Gasteiger partial charge on any atom is 0.494 e. The monoisotopic (exact) mass is 471 g/mol. The maximum absolute atomic E-state index is 10.1. The number of aliphatic hydroxyl groups excluding tert-OH is 1. The standard InChI is InChI=1S/C25H26BN5O4/c1-25(2)19-11-17(9-10-20(19)26(33-3)35-25)29-23-12-21(18(13-27-23)24-31-28-15-34-24)30-22(14-32)16-7-5-4-6-8-16/h4-13,15,22,32H,14H2,1-3H3,(H2,27,29,30)/t22-/m1/s1. The molecule has 1 aliphatic heterocycles. The highest BCUT2D eigenvalue weighted by molar-refractivity contribution is 6.63. The Labute approximate surface area is 203 Å². The lowest BCUT2D eigenvalue weighted by molar-refractivity contribution is 0.0930. The Bertz CT molecular complexity index is 1300. The molecular formula is C25H26BN5O4.